The van der Waals surface area contributed by atoms with Crippen LogP contribution in [0.5, 0.6) is 0 Å². The molecule has 0 saturated carbocycles. The van der Waals surface area contributed by atoms with Gasteiger partial charge in [0.25, 0.3) is 0 Å². The van der Waals surface area contributed by atoms with E-state index in [1.807, 2.05) is 0 Å². The molecule has 4 nitrogen and oxygen atoms in total. The summed E-state index contributed by atoms with van der Waals surface area (Å²) in [5.41, 5.74) is -0.0637. The van der Waals surface area contributed by atoms with Crippen molar-refractivity contribution in [2.75, 3.05) is 26.4 Å². The first-order valence-electron chi connectivity index (χ1n) is 3.64. The van der Waals surface area contributed by atoms with Crippen LogP contribution < -0.4 is 0 Å². The van der Waals surface area contributed by atoms with Gasteiger partial charge in [0.15, 0.2) is 0 Å². The molecule has 0 amide bonds. The first kappa shape index (κ1) is 7.90. The van der Waals surface area contributed by atoms with Crippen molar-refractivity contribution in [3.05, 3.63) is 0 Å². The van der Waals surface area contributed by atoms with Gasteiger partial charge in [0, 0.05) is 12.0 Å². The van der Waals surface area contributed by atoms with Gasteiger partial charge >= 0.3 is 8.60 Å². The fourth-order valence-electron chi connectivity index (χ4n) is 1.26. The molecule has 0 aromatic heterocycles. The number of rotatable bonds is 2. The zero-order valence-corrected chi connectivity index (χ0v) is 7.05. The standard InChI is InChI=1S/C6H11O4P/c7-2-1-6-3-8-11(9-4-6)10-5-6/h7H,1-5H2. The van der Waals surface area contributed by atoms with Crippen molar-refractivity contribution in [3.8, 4) is 0 Å². The van der Waals surface area contributed by atoms with Gasteiger partial charge in [-0.2, -0.15) is 0 Å². The van der Waals surface area contributed by atoms with Crippen LogP contribution in [0.3, 0.4) is 0 Å². The zero-order chi connectivity index (χ0) is 7.73. The molecule has 3 aliphatic rings. The molecule has 0 aliphatic carbocycles. The molecule has 3 rings (SSSR count). The fraction of sp³-hybridized carbons (Fsp3) is 1.00. The molecule has 64 valence electrons. The average molecular weight is 178 g/mol. The largest absolute Gasteiger partial charge is 0.396 e. The molecule has 1 N–H and O–H groups in total. The monoisotopic (exact) mass is 178 g/mol. The van der Waals surface area contributed by atoms with Crippen molar-refractivity contribution < 1.29 is 18.7 Å². The number of aliphatic hydroxyl groups excluding tert-OH is 1. The molecule has 0 aromatic rings. The van der Waals surface area contributed by atoms with Crippen LogP contribution in [0.4, 0.5) is 0 Å². The minimum Gasteiger partial charge on any atom is -0.396 e. The van der Waals surface area contributed by atoms with Gasteiger partial charge in [-0.15, -0.1) is 0 Å². The molecule has 11 heavy (non-hydrogen) atoms. The van der Waals surface area contributed by atoms with E-state index in [-0.39, 0.29) is 12.0 Å². The summed E-state index contributed by atoms with van der Waals surface area (Å²) in [5, 5.41) is 8.77. The number of fused-ring (bicyclic) bond motifs is 3. The summed E-state index contributed by atoms with van der Waals surface area (Å²) in [4.78, 5) is 0. The van der Waals surface area contributed by atoms with Gasteiger partial charge in [-0.3, -0.25) is 0 Å². The van der Waals surface area contributed by atoms with E-state index in [2.05, 4.69) is 0 Å². The second kappa shape index (κ2) is 2.96. The van der Waals surface area contributed by atoms with Crippen LogP contribution in [0.2, 0.25) is 0 Å². The van der Waals surface area contributed by atoms with Gasteiger partial charge in [-0.1, -0.05) is 0 Å². The van der Waals surface area contributed by atoms with Gasteiger partial charge in [0.1, 0.15) is 0 Å². The van der Waals surface area contributed by atoms with E-state index in [0.717, 1.165) is 0 Å². The summed E-state index contributed by atoms with van der Waals surface area (Å²) in [7, 11) is -1.03. The number of hydrogen-bond acceptors (Lipinski definition) is 4. The lowest BCUT2D eigenvalue weighted by molar-refractivity contribution is -0.0824. The van der Waals surface area contributed by atoms with E-state index in [9.17, 15) is 0 Å². The van der Waals surface area contributed by atoms with E-state index < -0.39 is 8.60 Å². The number of aliphatic hydroxyl groups is 1. The van der Waals surface area contributed by atoms with Crippen molar-refractivity contribution in [2.45, 2.75) is 6.42 Å². The minimum atomic E-state index is -1.03. The maximum Gasteiger partial charge on any atom is 0.332 e. The first-order valence-corrected chi connectivity index (χ1v) is 4.74. The predicted molar refractivity (Wildman–Crippen MR) is 38.9 cm³/mol. The Morgan fingerprint density at radius 3 is 2.18 bits per heavy atom. The van der Waals surface area contributed by atoms with Crippen molar-refractivity contribution in [1.29, 1.82) is 0 Å². The highest BCUT2D eigenvalue weighted by Gasteiger charge is 2.44. The summed E-state index contributed by atoms with van der Waals surface area (Å²) in [6.07, 6.45) is 0.705. The molecule has 0 radical (unpaired) electrons. The maximum absolute atomic E-state index is 8.77. The maximum atomic E-state index is 8.77. The van der Waals surface area contributed by atoms with Crippen molar-refractivity contribution in [3.63, 3.8) is 0 Å². The lowest BCUT2D eigenvalue weighted by Gasteiger charge is -2.43. The van der Waals surface area contributed by atoms with Crippen LogP contribution >= 0.6 is 8.60 Å². The smallest absolute Gasteiger partial charge is 0.332 e. The Hall–Kier alpha value is 0.270. The summed E-state index contributed by atoms with van der Waals surface area (Å²) < 4.78 is 15.7. The third-order valence-corrected chi connectivity index (χ3v) is 3.09. The van der Waals surface area contributed by atoms with Crippen LogP contribution in [0.15, 0.2) is 0 Å². The van der Waals surface area contributed by atoms with Gasteiger partial charge in [0.2, 0.25) is 0 Å². The summed E-state index contributed by atoms with van der Waals surface area (Å²) in [6, 6.07) is 0. The minimum absolute atomic E-state index is 0.0637. The van der Waals surface area contributed by atoms with Gasteiger partial charge in [0.05, 0.1) is 19.8 Å². The molecule has 3 aliphatic heterocycles. The Bertz CT molecular complexity index is 124. The zero-order valence-electron chi connectivity index (χ0n) is 6.15. The second-order valence-corrected chi connectivity index (χ2v) is 4.24. The topological polar surface area (TPSA) is 47.9 Å². The van der Waals surface area contributed by atoms with E-state index in [1.54, 1.807) is 0 Å². The van der Waals surface area contributed by atoms with E-state index >= 15 is 0 Å². The molecule has 3 saturated heterocycles. The molecule has 2 bridgehead atoms. The average Bonchev–Trinajstić information content (AvgIpc) is 2.07. The molecule has 0 spiro atoms. The van der Waals surface area contributed by atoms with Crippen LogP contribution in [0.25, 0.3) is 0 Å². The summed E-state index contributed by atoms with van der Waals surface area (Å²) in [5.74, 6) is 0. The van der Waals surface area contributed by atoms with Crippen LogP contribution in [-0.2, 0) is 13.6 Å². The van der Waals surface area contributed by atoms with E-state index in [0.29, 0.717) is 26.2 Å². The third kappa shape index (κ3) is 1.42. The first-order chi connectivity index (χ1) is 5.35. The highest BCUT2D eigenvalue weighted by atomic mass is 31.2. The Balaban J connectivity index is 2.00. The lowest BCUT2D eigenvalue weighted by atomic mass is 9.88. The normalized spacial score (nSPS) is 42.8. The Morgan fingerprint density at radius 2 is 1.73 bits per heavy atom. The van der Waals surface area contributed by atoms with Crippen molar-refractivity contribution in [1.82, 2.24) is 0 Å². The fourth-order valence-corrected chi connectivity index (χ4v) is 2.62. The molecule has 3 heterocycles. The van der Waals surface area contributed by atoms with Crippen molar-refractivity contribution in [2.24, 2.45) is 5.41 Å². The molecular formula is C6H11O4P. The highest BCUT2D eigenvalue weighted by molar-refractivity contribution is 7.41. The van der Waals surface area contributed by atoms with Crippen molar-refractivity contribution >= 4 is 8.60 Å². The molecule has 0 atom stereocenters. The molecular weight excluding hydrogens is 167 g/mol. The Morgan fingerprint density at radius 1 is 1.18 bits per heavy atom. The molecule has 3 fully saturated rings. The Kier molecular flexibility index (Phi) is 2.12. The lowest BCUT2D eigenvalue weighted by Crippen LogP contribution is -2.43. The molecule has 0 aromatic carbocycles. The van der Waals surface area contributed by atoms with Crippen LogP contribution in [0, 0.1) is 5.41 Å². The van der Waals surface area contributed by atoms with Crippen LogP contribution in [-0.4, -0.2) is 31.5 Å². The van der Waals surface area contributed by atoms with E-state index in [4.69, 9.17) is 18.7 Å². The second-order valence-electron chi connectivity index (χ2n) is 3.02. The predicted octanol–water partition coefficient (Wildman–Crippen LogP) is 0.659. The quantitative estimate of drug-likeness (QED) is 0.631. The van der Waals surface area contributed by atoms with Gasteiger partial charge in [-0.05, 0) is 6.42 Å². The molecule has 0 unspecified atom stereocenters. The SMILES string of the molecule is OCCC12COP(OC1)OC2. The van der Waals surface area contributed by atoms with Crippen LogP contribution in [0.1, 0.15) is 6.42 Å². The summed E-state index contributed by atoms with van der Waals surface area (Å²) in [6.45, 7) is 2.21. The molecule has 5 heteroatoms. The number of hydrogen-bond donors (Lipinski definition) is 1. The van der Waals surface area contributed by atoms with Gasteiger partial charge < -0.3 is 18.7 Å². The third-order valence-electron chi connectivity index (χ3n) is 2.07. The Labute approximate surface area is 66.4 Å². The highest BCUT2D eigenvalue weighted by Crippen LogP contribution is 2.54. The van der Waals surface area contributed by atoms with Gasteiger partial charge in [-0.25, -0.2) is 0 Å². The summed E-state index contributed by atoms with van der Waals surface area (Å²) >= 11 is 0. The van der Waals surface area contributed by atoms with E-state index in [1.165, 1.54) is 0 Å².